The van der Waals surface area contributed by atoms with Crippen molar-refractivity contribution in [3.63, 3.8) is 0 Å². The van der Waals surface area contributed by atoms with E-state index in [0.717, 1.165) is 18.8 Å². The quantitative estimate of drug-likeness (QED) is 0.824. The molecule has 0 radical (unpaired) electrons. The number of nitriles is 1. The molecule has 0 saturated heterocycles. The molecular formula is C14H16N4. The number of aromatic nitrogens is 2. The number of aryl methyl sites for hydroxylation is 1. The molecule has 0 N–H and O–H groups in total. The van der Waals surface area contributed by atoms with E-state index < -0.39 is 0 Å². The van der Waals surface area contributed by atoms with Gasteiger partial charge in [-0.1, -0.05) is 0 Å². The summed E-state index contributed by atoms with van der Waals surface area (Å²) in [6, 6.07) is 9.71. The molecular weight excluding hydrogens is 224 g/mol. The van der Waals surface area contributed by atoms with Gasteiger partial charge in [-0.05, 0) is 31.2 Å². The van der Waals surface area contributed by atoms with E-state index in [1.165, 1.54) is 5.56 Å². The fraction of sp³-hybridized carbons (Fsp3) is 0.286. The lowest BCUT2D eigenvalue weighted by atomic mass is 10.2. The predicted octanol–water partition coefficient (Wildman–Crippen LogP) is 2.41. The monoisotopic (exact) mass is 240 g/mol. The van der Waals surface area contributed by atoms with Crippen LogP contribution in [0.4, 0.5) is 5.69 Å². The third-order valence-electron chi connectivity index (χ3n) is 2.87. The third kappa shape index (κ3) is 2.69. The molecule has 0 fully saturated rings. The molecule has 1 aromatic carbocycles. The summed E-state index contributed by atoms with van der Waals surface area (Å²) >= 11 is 0. The summed E-state index contributed by atoms with van der Waals surface area (Å²) in [5.41, 5.74) is 2.97. The second-order valence-electron chi connectivity index (χ2n) is 4.22. The van der Waals surface area contributed by atoms with E-state index in [9.17, 15) is 0 Å². The number of rotatable bonds is 4. The van der Waals surface area contributed by atoms with Gasteiger partial charge in [-0.3, -0.25) is 4.68 Å². The molecule has 0 aliphatic carbocycles. The smallest absolute Gasteiger partial charge is 0.0991 e. The van der Waals surface area contributed by atoms with E-state index in [-0.39, 0.29) is 0 Å². The lowest BCUT2D eigenvalue weighted by molar-refractivity contribution is 0.659. The average molecular weight is 240 g/mol. The summed E-state index contributed by atoms with van der Waals surface area (Å²) in [5, 5.41) is 13.0. The van der Waals surface area contributed by atoms with Gasteiger partial charge in [-0.2, -0.15) is 10.4 Å². The van der Waals surface area contributed by atoms with E-state index in [2.05, 4.69) is 29.2 Å². The van der Waals surface area contributed by atoms with Crippen molar-refractivity contribution in [2.75, 3.05) is 11.9 Å². The van der Waals surface area contributed by atoms with Crippen LogP contribution in [0.1, 0.15) is 18.1 Å². The van der Waals surface area contributed by atoms with Crippen molar-refractivity contribution in [3.05, 3.63) is 47.8 Å². The number of anilines is 1. The van der Waals surface area contributed by atoms with Crippen LogP contribution in [0.5, 0.6) is 0 Å². The Morgan fingerprint density at radius 2 is 2.06 bits per heavy atom. The lowest BCUT2D eigenvalue weighted by Gasteiger charge is -2.18. The van der Waals surface area contributed by atoms with Crippen LogP contribution in [0.25, 0.3) is 0 Å². The maximum absolute atomic E-state index is 8.76. The zero-order chi connectivity index (χ0) is 13.0. The lowest BCUT2D eigenvalue weighted by Crippen LogP contribution is -2.15. The molecule has 2 rings (SSSR count). The topological polar surface area (TPSA) is 44.9 Å². The second-order valence-corrected chi connectivity index (χ2v) is 4.22. The predicted molar refractivity (Wildman–Crippen MR) is 71.2 cm³/mol. The van der Waals surface area contributed by atoms with E-state index in [1.807, 2.05) is 42.2 Å². The molecule has 92 valence electrons. The molecule has 0 saturated carbocycles. The van der Waals surface area contributed by atoms with E-state index in [0.29, 0.717) is 5.56 Å². The van der Waals surface area contributed by atoms with E-state index in [4.69, 9.17) is 5.26 Å². The maximum Gasteiger partial charge on any atom is 0.0991 e. The van der Waals surface area contributed by atoms with Crippen molar-refractivity contribution in [2.45, 2.75) is 20.0 Å². The molecule has 0 amide bonds. The van der Waals surface area contributed by atoms with Crippen molar-refractivity contribution in [1.82, 2.24) is 9.78 Å². The minimum absolute atomic E-state index is 0.686. The minimum atomic E-state index is 0.686. The Bertz CT molecular complexity index is 548. The SMILES string of the molecule is CCn1cc(CN(C)c2ccc(C#N)cc2)cn1. The zero-order valence-corrected chi connectivity index (χ0v) is 10.7. The van der Waals surface area contributed by atoms with Gasteiger partial charge in [0.05, 0.1) is 17.8 Å². The summed E-state index contributed by atoms with van der Waals surface area (Å²) in [4.78, 5) is 2.14. The van der Waals surface area contributed by atoms with Gasteiger partial charge in [0.2, 0.25) is 0 Å². The van der Waals surface area contributed by atoms with Crippen LogP contribution in [-0.4, -0.2) is 16.8 Å². The van der Waals surface area contributed by atoms with Crippen molar-refractivity contribution >= 4 is 5.69 Å². The Morgan fingerprint density at radius 3 is 2.61 bits per heavy atom. The van der Waals surface area contributed by atoms with Gasteiger partial charge in [0, 0.05) is 37.6 Å². The van der Waals surface area contributed by atoms with Crippen molar-refractivity contribution in [1.29, 1.82) is 5.26 Å². The largest absolute Gasteiger partial charge is 0.370 e. The van der Waals surface area contributed by atoms with Gasteiger partial charge in [0.15, 0.2) is 0 Å². The molecule has 0 atom stereocenters. The number of hydrogen-bond donors (Lipinski definition) is 0. The number of hydrogen-bond acceptors (Lipinski definition) is 3. The Hall–Kier alpha value is -2.28. The van der Waals surface area contributed by atoms with Crippen molar-refractivity contribution in [2.24, 2.45) is 0 Å². The van der Waals surface area contributed by atoms with Crippen LogP contribution in [0.15, 0.2) is 36.7 Å². The van der Waals surface area contributed by atoms with Crippen LogP contribution < -0.4 is 4.90 Å². The molecule has 0 bridgehead atoms. The van der Waals surface area contributed by atoms with Crippen LogP contribution in [0.3, 0.4) is 0 Å². The van der Waals surface area contributed by atoms with Gasteiger partial charge in [-0.15, -0.1) is 0 Å². The molecule has 2 aromatic rings. The van der Waals surface area contributed by atoms with Crippen molar-refractivity contribution in [3.8, 4) is 6.07 Å². The highest BCUT2D eigenvalue weighted by atomic mass is 15.3. The Kier molecular flexibility index (Phi) is 3.63. The van der Waals surface area contributed by atoms with Crippen LogP contribution in [0, 0.1) is 11.3 Å². The fourth-order valence-electron chi connectivity index (χ4n) is 1.82. The summed E-state index contributed by atoms with van der Waals surface area (Å²) in [5.74, 6) is 0. The minimum Gasteiger partial charge on any atom is -0.370 e. The molecule has 0 aliphatic heterocycles. The van der Waals surface area contributed by atoms with Gasteiger partial charge < -0.3 is 4.90 Å². The summed E-state index contributed by atoms with van der Waals surface area (Å²) < 4.78 is 1.92. The molecule has 0 spiro atoms. The van der Waals surface area contributed by atoms with Gasteiger partial charge >= 0.3 is 0 Å². The Balaban J connectivity index is 2.06. The highest BCUT2D eigenvalue weighted by Crippen LogP contribution is 2.15. The first-order valence-electron chi connectivity index (χ1n) is 5.95. The van der Waals surface area contributed by atoms with Crippen LogP contribution in [0.2, 0.25) is 0 Å². The number of nitrogens with zero attached hydrogens (tertiary/aromatic N) is 4. The molecule has 4 heteroatoms. The highest BCUT2D eigenvalue weighted by molar-refractivity contribution is 5.49. The normalized spacial score (nSPS) is 10.1. The van der Waals surface area contributed by atoms with Crippen molar-refractivity contribution < 1.29 is 0 Å². The summed E-state index contributed by atoms with van der Waals surface area (Å²) in [6.45, 7) is 3.77. The zero-order valence-electron chi connectivity index (χ0n) is 10.7. The van der Waals surface area contributed by atoms with E-state index >= 15 is 0 Å². The molecule has 0 unspecified atom stereocenters. The molecule has 18 heavy (non-hydrogen) atoms. The fourth-order valence-corrected chi connectivity index (χ4v) is 1.82. The van der Waals surface area contributed by atoms with E-state index in [1.54, 1.807) is 0 Å². The molecule has 0 aliphatic rings. The molecule has 1 heterocycles. The van der Waals surface area contributed by atoms with Crippen LogP contribution >= 0.6 is 0 Å². The van der Waals surface area contributed by atoms with Crippen LogP contribution in [-0.2, 0) is 13.1 Å². The standard InChI is InChI=1S/C14H16N4/c1-3-18-11-13(9-16-18)10-17(2)14-6-4-12(8-15)5-7-14/h4-7,9,11H,3,10H2,1-2H3. The second kappa shape index (κ2) is 5.37. The molecule has 1 aromatic heterocycles. The molecule has 4 nitrogen and oxygen atoms in total. The highest BCUT2D eigenvalue weighted by Gasteiger charge is 2.04. The first kappa shape index (κ1) is 12.2. The van der Waals surface area contributed by atoms with Gasteiger partial charge in [0.1, 0.15) is 0 Å². The third-order valence-corrected chi connectivity index (χ3v) is 2.87. The maximum atomic E-state index is 8.76. The van der Waals surface area contributed by atoms with Gasteiger partial charge in [-0.25, -0.2) is 0 Å². The first-order chi connectivity index (χ1) is 8.72. The first-order valence-corrected chi connectivity index (χ1v) is 5.95. The summed E-state index contributed by atoms with van der Waals surface area (Å²) in [7, 11) is 2.03. The summed E-state index contributed by atoms with van der Waals surface area (Å²) in [6.07, 6.45) is 3.95. The Morgan fingerprint density at radius 1 is 1.33 bits per heavy atom. The average Bonchev–Trinajstić information content (AvgIpc) is 2.86. The Labute approximate surface area is 107 Å². The van der Waals surface area contributed by atoms with Gasteiger partial charge in [0.25, 0.3) is 0 Å². The number of benzene rings is 1.